The largest absolute Gasteiger partial charge is 0.496 e. The van der Waals surface area contributed by atoms with Crippen molar-refractivity contribution in [3.05, 3.63) is 65.7 Å². The summed E-state index contributed by atoms with van der Waals surface area (Å²) in [6.07, 6.45) is -0.842. The van der Waals surface area contributed by atoms with Crippen LogP contribution in [0.15, 0.2) is 54.6 Å². The maximum atomic E-state index is 12.3. The lowest BCUT2D eigenvalue weighted by atomic mass is 9.94. The molecule has 5 nitrogen and oxygen atoms in total. The lowest BCUT2D eigenvalue weighted by Gasteiger charge is -2.21. The summed E-state index contributed by atoms with van der Waals surface area (Å²) >= 11 is 0. The number of aliphatic hydroxyl groups excluding tert-OH is 1. The zero-order valence-corrected chi connectivity index (χ0v) is 14.0. The van der Waals surface area contributed by atoms with Crippen molar-refractivity contribution in [1.82, 2.24) is 5.32 Å². The van der Waals surface area contributed by atoms with Crippen molar-refractivity contribution in [2.45, 2.75) is 19.1 Å². The minimum Gasteiger partial charge on any atom is -0.496 e. The number of carbonyl (C=O) groups is 1. The fraction of sp³-hybridized carbons (Fsp3) is 0.316. The predicted octanol–water partition coefficient (Wildman–Crippen LogP) is 2.18. The maximum Gasteiger partial charge on any atom is 0.224 e. The van der Waals surface area contributed by atoms with Crippen LogP contribution >= 0.6 is 0 Å². The highest BCUT2D eigenvalue weighted by Crippen LogP contribution is 2.24. The predicted molar refractivity (Wildman–Crippen MR) is 93.5 cm³/mol. The molecule has 0 fully saturated rings. The van der Waals surface area contributed by atoms with E-state index in [4.69, 9.17) is 10.5 Å². The number of carbonyl (C=O) groups excluding carboxylic acids is 1. The van der Waals surface area contributed by atoms with E-state index in [0.717, 1.165) is 5.56 Å². The lowest BCUT2D eigenvalue weighted by molar-refractivity contribution is -0.125. The third kappa shape index (κ3) is 4.34. The second-order valence-electron chi connectivity index (χ2n) is 5.73. The van der Waals surface area contributed by atoms with Gasteiger partial charge in [-0.3, -0.25) is 4.79 Å². The first-order valence-electron chi connectivity index (χ1n) is 7.93. The Bertz CT molecular complexity index is 661. The highest BCUT2D eigenvalue weighted by molar-refractivity contribution is 5.79. The molecule has 0 aliphatic heterocycles. The molecule has 0 radical (unpaired) electrons. The van der Waals surface area contributed by atoms with E-state index in [1.165, 1.54) is 0 Å². The lowest BCUT2D eigenvalue weighted by Crippen LogP contribution is -2.37. The normalized spacial score (nSPS) is 14.5. The second-order valence-corrected chi connectivity index (χ2v) is 5.73. The zero-order valence-electron chi connectivity index (χ0n) is 14.0. The Morgan fingerprint density at radius 2 is 1.79 bits per heavy atom. The van der Waals surface area contributed by atoms with Crippen LogP contribution in [0.5, 0.6) is 5.75 Å². The molecule has 2 aromatic carbocycles. The molecule has 0 saturated heterocycles. The number of nitrogens with two attached hydrogens (primary N) is 1. The molecule has 1 amide bonds. The summed E-state index contributed by atoms with van der Waals surface area (Å²) in [7, 11) is 1.55. The van der Waals surface area contributed by atoms with E-state index in [-0.39, 0.29) is 12.5 Å². The quantitative estimate of drug-likeness (QED) is 0.727. The molecule has 4 N–H and O–H groups in total. The smallest absolute Gasteiger partial charge is 0.224 e. The van der Waals surface area contributed by atoms with Gasteiger partial charge in [-0.1, -0.05) is 55.5 Å². The summed E-state index contributed by atoms with van der Waals surface area (Å²) in [5.41, 5.74) is 7.71. The fourth-order valence-electron chi connectivity index (χ4n) is 2.54. The first kappa shape index (κ1) is 18.0. The summed E-state index contributed by atoms with van der Waals surface area (Å²) in [5, 5.41) is 13.1. The van der Waals surface area contributed by atoms with Gasteiger partial charge in [-0.05, 0) is 11.6 Å². The summed E-state index contributed by atoms with van der Waals surface area (Å²) in [4.78, 5) is 12.3. The number of rotatable bonds is 7. The number of methoxy groups -OCH3 is 1. The Morgan fingerprint density at radius 3 is 2.46 bits per heavy atom. The van der Waals surface area contributed by atoms with Gasteiger partial charge in [-0.25, -0.2) is 0 Å². The van der Waals surface area contributed by atoms with Crippen LogP contribution in [-0.2, 0) is 4.79 Å². The molecule has 0 spiro atoms. The molecule has 2 aromatic rings. The number of nitrogens with one attached hydrogen (secondary N) is 1. The molecule has 0 aliphatic rings. The van der Waals surface area contributed by atoms with E-state index in [0.29, 0.717) is 11.3 Å². The van der Waals surface area contributed by atoms with E-state index in [2.05, 4.69) is 5.32 Å². The third-order valence-electron chi connectivity index (χ3n) is 4.10. The molecule has 128 valence electrons. The van der Waals surface area contributed by atoms with Gasteiger partial charge in [-0.2, -0.15) is 0 Å². The van der Waals surface area contributed by atoms with Crippen LogP contribution in [0.1, 0.15) is 30.2 Å². The number of para-hydroxylation sites is 1. The monoisotopic (exact) mass is 328 g/mol. The Balaban J connectivity index is 1.94. The van der Waals surface area contributed by atoms with Crippen LogP contribution in [0.4, 0.5) is 0 Å². The van der Waals surface area contributed by atoms with E-state index in [1.807, 2.05) is 42.5 Å². The molecule has 5 heteroatoms. The minimum atomic E-state index is -0.842. The van der Waals surface area contributed by atoms with E-state index in [1.54, 1.807) is 26.2 Å². The third-order valence-corrected chi connectivity index (χ3v) is 4.10. The number of aliphatic hydroxyl groups is 1. The minimum absolute atomic E-state index is 0.102. The Kier molecular flexibility index (Phi) is 6.35. The number of ether oxygens (including phenoxy) is 1. The average molecular weight is 328 g/mol. The summed E-state index contributed by atoms with van der Waals surface area (Å²) in [6.45, 7) is 1.88. The molecule has 0 aliphatic carbocycles. The van der Waals surface area contributed by atoms with Gasteiger partial charge < -0.3 is 20.9 Å². The van der Waals surface area contributed by atoms with Crippen LogP contribution in [-0.4, -0.2) is 24.7 Å². The Labute approximate surface area is 142 Å². The van der Waals surface area contributed by atoms with Crippen molar-refractivity contribution < 1.29 is 14.6 Å². The number of amides is 1. The first-order valence-corrected chi connectivity index (χ1v) is 7.93. The van der Waals surface area contributed by atoms with E-state index >= 15 is 0 Å². The van der Waals surface area contributed by atoms with Crippen LogP contribution in [0.2, 0.25) is 0 Å². The molecule has 0 saturated carbocycles. The molecule has 3 unspecified atom stereocenters. The van der Waals surface area contributed by atoms with Crippen molar-refractivity contribution in [2.24, 2.45) is 11.7 Å². The van der Waals surface area contributed by atoms with Crippen LogP contribution in [0.25, 0.3) is 0 Å². The second kappa shape index (κ2) is 8.47. The number of benzene rings is 2. The summed E-state index contributed by atoms with van der Waals surface area (Å²) < 4.78 is 5.22. The Hall–Kier alpha value is -2.37. The standard InChI is InChI=1S/C19H24N2O3/c1-13(18(20)14-8-4-3-5-9-14)19(23)21-12-16(22)15-10-6-7-11-17(15)24-2/h3-11,13,16,18,22H,12,20H2,1-2H3,(H,21,23). The highest BCUT2D eigenvalue weighted by atomic mass is 16.5. The van der Waals surface area contributed by atoms with Gasteiger partial charge in [-0.15, -0.1) is 0 Å². The SMILES string of the molecule is COc1ccccc1C(O)CNC(=O)C(C)C(N)c1ccccc1. The molecule has 0 aromatic heterocycles. The molecule has 0 heterocycles. The molecule has 0 bridgehead atoms. The molecule has 2 rings (SSSR count). The van der Waals surface area contributed by atoms with Crippen LogP contribution < -0.4 is 15.8 Å². The average Bonchev–Trinajstić information content (AvgIpc) is 2.65. The maximum absolute atomic E-state index is 12.3. The molecule has 24 heavy (non-hydrogen) atoms. The van der Waals surface area contributed by atoms with Crippen molar-refractivity contribution in [3.63, 3.8) is 0 Å². The highest BCUT2D eigenvalue weighted by Gasteiger charge is 2.23. The molecular formula is C19H24N2O3. The van der Waals surface area contributed by atoms with E-state index in [9.17, 15) is 9.90 Å². The van der Waals surface area contributed by atoms with Crippen molar-refractivity contribution in [1.29, 1.82) is 0 Å². The van der Waals surface area contributed by atoms with E-state index < -0.39 is 18.1 Å². The topological polar surface area (TPSA) is 84.6 Å². The van der Waals surface area contributed by atoms with Crippen LogP contribution in [0, 0.1) is 5.92 Å². The van der Waals surface area contributed by atoms with Gasteiger partial charge in [0.15, 0.2) is 0 Å². The zero-order chi connectivity index (χ0) is 17.5. The van der Waals surface area contributed by atoms with Gasteiger partial charge in [0.1, 0.15) is 5.75 Å². The van der Waals surface area contributed by atoms with Crippen molar-refractivity contribution >= 4 is 5.91 Å². The first-order chi connectivity index (χ1) is 11.5. The van der Waals surface area contributed by atoms with Gasteiger partial charge in [0.25, 0.3) is 0 Å². The van der Waals surface area contributed by atoms with Gasteiger partial charge in [0, 0.05) is 18.2 Å². The van der Waals surface area contributed by atoms with Gasteiger partial charge in [0.05, 0.1) is 19.1 Å². The van der Waals surface area contributed by atoms with Crippen molar-refractivity contribution in [3.8, 4) is 5.75 Å². The summed E-state index contributed by atoms with van der Waals surface area (Å²) in [5.74, 6) is -0.00847. The van der Waals surface area contributed by atoms with Crippen LogP contribution in [0.3, 0.4) is 0 Å². The molecule has 3 atom stereocenters. The van der Waals surface area contributed by atoms with Crippen molar-refractivity contribution in [2.75, 3.05) is 13.7 Å². The number of hydrogen-bond donors (Lipinski definition) is 3. The van der Waals surface area contributed by atoms with Gasteiger partial charge in [0.2, 0.25) is 5.91 Å². The Morgan fingerprint density at radius 1 is 1.17 bits per heavy atom. The molecular weight excluding hydrogens is 304 g/mol. The number of hydrogen-bond acceptors (Lipinski definition) is 4. The summed E-state index contributed by atoms with van der Waals surface area (Å²) in [6, 6.07) is 16.3. The fourth-order valence-corrected chi connectivity index (χ4v) is 2.54. The van der Waals surface area contributed by atoms with Gasteiger partial charge >= 0.3 is 0 Å².